The van der Waals surface area contributed by atoms with Crippen molar-refractivity contribution >= 4 is 17.5 Å². The molecule has 0 fully saturated rings. The van der Waals surface area contributed by atoms with Crippen LogP contribution in [0.1, 0.15) is 75.2 Å². The Hall–Kier alpha value is -2.10. The van der Waals surface area contributed by atoms with Gasteiger partial charge in [0.15, 0.2) is 0 Å². The maximum atomic E-state index is 13.0. The minimum Gasteiger partial charge on any atom is -0.339 e. The number of rotatable bonds is 10. The van der Waals surface area contributed by atoms with Crippen LogP contribution in [0, 0.1) is 0 Å². The van der Waals surface area contributed by atoms with Gasteiger partial charge in [0.05, 0.1) is 5.70 Å². The summed E-state index contributed by atoms with van der Waals surface area (Å²) >= 11 is 0. The molecule has 0 saturated heterocycles. The van der Waals surface area contributed by atoms with E-state index in [1.165, 1.54) is 0 Å². The Morgan fingerprint density at radius 1 is 0.962 bits per heavy atom. The molecule has 2 amide bonds. The molecule has 0 saturated carbocycles. The molecule has 1 aliphatic heterocycles. The highest BCUT2D eigenvalue weighted by Crippen LogP contribution is 2.33. The van der Waals surface area contributed by atoms with Crippen LogP contribution < -0.4 is 0 Å². The van der Waals surface area contributed by atoms with E-state index in [9.17, 15) is 9.59 Å². The predicted molar refractivity (Wildman–Crippen MR) is 107 cm³/mol. The Morgan fingerprint density at radius 3 is 2.12 bits per heavy atom. The summed E-state index contributed by atoms with van der Waals surface area (Å²) in [6.07, 6.45) is 7.78. The second-order valence-electron chi connectivity index (χ2n) is 6.92. The summed E-state index contributed by atoms with van der Waals surface area (Å²) < 4.78 is 0. The van der Waals surface area contributed by atoms with Crippen LogP contribution >= 0.6 is 0 Å². The standard InChI is InChI=1S/C22H32N2O2/c1-4-7-14-23(15-8-5-2)21(25)17-20-18-12-10-11-13-19(18)22(26)24(20)16-9-6-3/h10-13,17H,4-9,14-16H2,1-3H3/b20-17-. The first-order valence-corrected chi connectivity index (χ1v) is 10.1. The molecule has 0 aromatic heterocycles. The zero-order valence-electron chi connectivity index (χ0n) is 16.5. The summed E-state index contributed by atoms with van der Waals surface area (Å²) in [7, 11) is 0. The van der Waals surface area contributed by atoms with E-state index in [0.717, 1.165) is 62.9 Å². The van der Waals surface area contributed by atoms with Crippen LogP contribution in [-0.4, -0.2) is 41.2 Å². The van der Waals surface area contributed by atoms with Gasteiger partial charge in [0.25, 0.3) is 5.91 Å². The molecule has 0 bridgehead atoms. The highest BCUT2D eigenvalue weighted by atomic mass is 16.2. The van der Waals surface area contributed by atoms with E-state index in [2.05, 4.69) is 20.8 Å². The minimum absolute atomic E-state index is 0.0155. The normalized spacial score (nSPS) is 14.8. The lowest BCUT2D eigenvalue weighted by Crippen LogP contribution is -2.33. The van der Waals surface area contributed by atoms with Gasteiger partial charge in [0.2, 0.25) is 5.91 Å². The summed E-state index contributed by atoms with van der Waals surface area (Å²) in [6, 6.07) is 7.61. The lowest BCUT2D eigenvalue weighted by Gasteiger charge is -2.23. The molecule has 4 heteroatoms. The van der Waals surface area contributed by atoms with Crippen LogP contribution in [0.3, 0.4) is 0 Å². The van der Waals surface area contributed by atoms with Gasteiger partial charge < -0.3 is 9.80 Å². The molecule has 1 aromatic carbocycles. The fourth-order valence-electron chi connectivity index (χ4n) is 3.23. The first kappa shape index (κ1) is 20.2. The number of carbonyl (C=O) groups is 2. The molecule has 0 unspecified atom stereocenters. The Kier molecular flexibility index (Phi) is 7.89. The van der Waals surface area contributed by atoms with E-state index in [1.807, 2.05) is 29.2 Å². The van der Waals surface area contributed by atoms with Crippen LogP contribution in [0.15, 0.2) is 30.3 Å². The Labute approximate surface area is 157 Å². The Morgan fingerprint density at radius 2 is 1.54 bits per heavy atom. The number of nitrogens with zero attached hydrogens (tertiary/aromatic N) is 2. The van der Waals surface area contributed by atoms with Crippen molar-refractivity contribution in [3.8, 4) is 0 Å². The highest BCUT2D eigenvalue weighted by Gasteiger charge is 2.32. The third-order valence-electron chi connectivity index (χ3n) is 4.84. The van der Waals surface area contributed by atoms with Gasteiger partial charge in [-0.05, 0) is 25.3 Å². The zero-order valence-corrected chi connectivity index (χ0v) is 16.5. The monoisotopic (exact) mass is 356 g/mol. The zero-order chi connectivity index (χ0) is 18.9. The van der Waals surface area contributed by atoms with Crippen LogP contribution in [-0.2, 0) is 4.79 Å². The Bertz CT molecular complexity index is 643. The molecule has 0 aliphatic carbocycles. The molecule has 2 rings (SSSR count). The molecule has 1 heterocycles. The average Bonchev–Trinajstić information content (AvgIpc) is 2.92. The second kappa shape index (κ2) is 10.1. The van der Waals surface area contributed by atoms with Crippen molar-refractivity contribution in [3.05, 3.63) is 41.5 Å². The maximum absolute atomic E-state index is 13.0. The van der Waals surface area contributed by atoms with E-state index in [0.29, 0.717) is 12.1 Å². The fraction of sp³-hybridized carbons (Fsp3) is 0.545. The molecular formula is C22H32N2O2. The molecule has 0 N–H and O–H groups in total. The third kappa shape index (κ3) is 4.75. The second-order valence-corrected chi connectivity index (χ2v) is 6.92. The number of unbranched alkanes of at least 4 members (excludes halogenated alkanes) is 3. The van der Waals surface area contributed by atoms with Gasteiger partial charge in [-0.15, -0.1) is 0 Å². The molecule has 1 aromatic rings. The average molecular weight is 357 g/mol. The van der Waals surface area contributed by atoms with E-state index in [1.54, 1.807) is 11.0 Å². The van der Waals surface area contributed by atoms with Crippen molar-refractivity contribution in [2.75, 3.05) is 19.6 Å². The topological polar surface area (TPSA) is 40.6 Å². The van der Waals surface area contributed by atoms with E-state index in [4.69, 9.17) is 0 Å². The van der Waals surface area contributed by atoms with Gasteiger partial charge in [-0.1, -0.05) is 58.2 Å². The molecule has 4 nitrogen and oxygen atoms in total. The molecule has 142 valence electrons. The van der Waals surface area contributed by atoms with Crippen molar-refractivity contribution in [1.82, 2.24) is 9.80 Å². The first-order valence-electron chi connectivity index (χ1n) is 10.1. The number of carbonyl (C=O) groups excluding carboxylic acids is 2. The molecule has 26 heavy (non-hydrogen) atoms. The summed E-state index contributed by atoms with van der Waals surface area (Å²) in [5.74, 6) is 0.0367. The summed E-state index contributed by atoms with van der Waals surface area (Å²) in [5.41, 5.74) is 2.35. The summed E-state index contributed by atoms with van der Waals surface area (Å²) in [4.78, 5) is 29.4. The van der Waals surface area contributed by atoms with E-state index >= 15 is 0 Å². The lowest BCUT2D eigenvalue weighted by molar-refractivity contribution is -0.126. The van der Waals surface area contributed by atoms with Gasteiger partial charge in [-0.25, -0.2) is 0 Å². The lowest BCUT2D eigenvalue weighted by atomic mass is 10.1. The number of hydrogen-bond acceptors (Lipinski definition) is 2. The fourth-order valence-corrected chi connectivity index (χ4v) is 3.23. The van der Waals surface area contributed by atoms with E-state index < -0.39 is 0 Å². The molecule has 0 radical (unpaired) electrons. The largest absolute Gasteiger partial charge is 0.339 e. The van der Waals surface area contributed by atoms with Crippen LogP contribution in [0.25, 0.3) is 5.70 Å². The third-order valence-corrected chi connectivity index (χ3v) is 4.84. The number of amides is 2. The van der Waals surface area contributed by atoms with Gasteiger partial charge in [0, 0.05) is 36.8 Å². The predicted octanol–water partition coefficient (Wildman–Crippen LogP) is 4.71. The van der Waals surface area contributed by atoms with Crippen LogP contribution in [0.5, 0.6) is 0 Å². The molecule has 0 spiro atoms. The van der Waals surface area contributed by atoms with Gasteiger partial charge in [-0.2, -0.15) is 0 Å². The van der Waals surface area contributed by atoms with Crippen LogP contribution in [0.2, 0.25) is 0 Å². The highest BCUT2D eigenvalue weighted by molar-refractivity contribution is 6.12. The number of fused-ring (bicyclic) bond motifs is 1. The van der Waals surface area contributed by atoms with Crippen molar-refractivity contribution in [2.45, 2.75) is 59.3 Å². The SMILES string of the molecule is CCCCN(CCCC)C(=O)/C=C1/c2ccccc2C(=O)N1CCCC. The Balaban J connectivity index is 2.30. The molecule has 0 atom stereocenters. The minimum atomic E-state index is 0.0155. The molecule has 1 aliphatic rings. The van der Waals surface area contributed by atoms with Crippen molar-refractivity contribution in [2.24, 2.45) is 0 Å². The van der Waals surface area contributed by atoms with Gasteiger partial charge >= 0.3 is 0 Å². The van der Waals surface area contributed by atoms with Crippen LogP contribution in [0.4, 0.5) is 0 Å². The number of hydrogen-bond donors (Lipinski definition) is 0. The van der Waals surface area contributed by atoms with Gasteiger partial charge in [0.1, 0.15) is 0 Å². The first-order chi connectivity index (χ1) is 12.6. The van der Waals surface area contributed by atoms with Gasteiger partial charge in [-0.3, -0.25) is 9.59 Å². The summed E-state index contributed by atoms with van der Waals surface area (Å²) in [6.45, 7) is 8.61. The number of benzene rings is 1. The van der Waals surface area contributed by atoms with Crippen molar-refractivity contribution in [3.63, 3.8) is 0 Å². The quantitative estimate of drug-likeness (QED) is 0.570. The van der Waals surface area contributed by atoms with E-state index in [-0.39, 0.29) is 11.8 Å². The smallest absolute Gasteiger partial charge is 0.258 e. The molecular weight excluding hydrogens is 324 g/mol. The van der Waals surface area contributed by atoms with Crippen molar-refractivity contribution < 1.29 is 9.59 Å². The van der Waals surface area contributed by atoms with Crippen molar-refractivity contribution in [1.29, 1.82) is 0 Å². The maximum Gasteiger partial charge on any atom is 0.258 e. The summed E-state index contributed by atoms with van der Waals surface area (Å²) in [5, 5.41) is 0.